The molecule has 1 aliphatic rings. The quantitative estimate of drug-likeness (QED) is 0.819. The highest BCUT2D eigenvalue weighted by Gasteiger charge is 2.24. The highest BCUT2D eigenvalue weighted by molar-refractivity contribution is 6.31. The molecule has 100 valence electrons. The number of hydrogen-bond donors (Lipinski definition) is 1. The smallest absolute Gasteiger partial charge is 0.0454 e. The zero-order chi connectivity index (χ0) is 13.0. The van der Waals surface area contributed by atoms with Gasteiger partial charge in [-0.25, -0.2) is 0 Å². The molecule has 1 saturated carbocycles. The fourth-order valence-corrected chi connectivity index (χ4v) is 2.57. The van der Waals surface area contributed by atoms with Crippen molar-refractivity contribution in [3.63, 3.8) is 0 Å². The van der Waals surface area contributed by atoms with Crippen LogP contribution in [0.5, 0.6) is 0 Å². The number of benzene rings is 1. The number of rotatable bonds is 7. The Labute approximate surface area is 115 Å². The Bertz CT molecular complexity index is 388. The monoisotopic (exact) mass is 266 g/mol. The average molecular weight is 267 g/mol. The van der Waals surface area contributed by atoms with Gasteiger partial charge in [0.15, 0.2) is 0 Å². The van der Waals surface area contributed by atoms with Crippen molar-refractivity contribution in [2.75, 3.05) is 13.1 Å². The lowest BCUT2D eigenvalue weighted by atomic mass is 10.1. The Morgan fingerprint density at radius 1 is 1.39 bits per heavy atom. The van der Waals surface area contributed by atoms with Crippen LogP contribution in [-0.2, 0) is 13.1 Å². The number of halogens is 1. The molecule has 1 fully saturated rings. The Kier molecular flexibility index (Phi) is 5.04. The molecule has 1 aromatic rings. The highest BCUT2D eigenvalue weighted by Crippen LogP contribution is 2.30. The van der Waals surface area contributed by atoms with E-state index >= 15 is 0 Å². The van der Waals surface area contributed by atoms with Gasteiger partial charge in [-0.15, -0.1) is 0 Å². The molecule has 1 aliphatic carbocycles. The summed E-state index contributed by atoms with van der Waals surface area (Å²) in [5, 5.41) is 0.856. The molecule has 18 heavy (non-hydrogen) atoms. The molecule has 0 aromatic heterocycles. The van der Waals surface area contributed by atoms with Crippen molar-refractivity contribution in [3.05, 3.63) is 34.3 Å². The Morgan fingerprint density at radius 2 is 2.17 bits per heavy atom. The fourth-order valence-electron chi connectivity index (χ4n) is 2.30. The molecule has 0 aliphatic heterocycles. The maximum absolute atomic E-state index is 6.32. The maximum Gasteiger partial charge on any atom is 0.0454 e. The lowest BCUT2D eigenvalue weighted by Gasteiger charge is -2.22. The molecule has 3 heteroatoms. The van der Waals surface area contributed by atoms with E-state index in [0.717, 1.165) is 29.6 Å². The largest absolute Gasteiger partial charge is 0.326 e. The third-order valence-corrected chi connectivity index (χ3v) is 3.85. The van der Waals surface area contributed by atoms with Gasteiger partial charge in [-0.1, -0.05) is 30.7 Å². The standard InChI is InChI=1S/C15H23ClN2/c1-2-7-18(10-12-3-4-12)11-14-6-5-13(9-17)8-15(14)16/h5-6,8,12H,2-4,7,9-11,17H2,1H3. The third kappa shape index (κ3) is 3.98. The van der Waals surface area contributed by atoms with Crippen LogP contribution in [0.3, 0.4) is 0 Å². The number of nitrogens with zero attached hydrogens (tertiary/aromatic N) is 1. The summed E-state index contributed by atoms with van der Waals surface area (Å²) in [6.07, 6.45) is 4.01. The van der Waals surface area contributed by atoms with Gasteiger partial charge in [0.1, 0.15) is 0 Å². The van der Waals surface area contributed by atoms with E-state index in [1.54, 1.807) is 0 Å². The van der Waals surface area contributed by atoms with E-state index in [0.29, 0.717) is 6.54 Å². The van der Waals surface area contributed by atoms with E-state index in [9.17, 15) is 0 Å². The van der Waals surface area contributed by atoms with Crippen LogP contribution < -0.4 is 5.73 Å². The predicted octanol–water partition coefficient (Wildman–Crippen LogP) is 3.42. The molecule has 1 aromatic carbocycles. The fraction of sp³-hybridized carbons (Fsp3) is 0.600. The molecule has 0 saturated heterocycles. The molecular formula is C15H23ClN2. The van der Waals surface area contributed by atoms with Crippen molar-refractivity contribution in [1.82, 2.24) is 4.90 Å². The van der Waals surface area contributed by atoms with Crippen LogP contribution in [-0.4, -0.2) is 18.0 Å². The number of nitrogens with two attached hydrogens (primary N) is 1. The van der Waals surface area contributed by atoms with Gasteiger partial charge in [-0.2, -0.15) is 0 Å². The summed E-state index contributed by atoms with van der Waals surface area (Å²) < 4.78 is 0. The summed E-state index contributed by atoms with van der Waals surface area (Å²) in [5.41, 5.74) is 7.95. The first-order valence-corrected chi connectivity index (χ1v) is 7.30. The molecular weight excluding hydrogens is 244 g/mol. The normalized spacial score (nSPS) is 15.3. The zero-order valence-electron chi connectivity index (χ0n) is 11.2. The molecule has 2 nitrogen and oxygen atoms in total. The zero-order valence-corrected chi connectivity index (χ0v) is 11.9. The first kappa shape index (κ1) is 13.9. The Morgan fingerprint density at radius 3 is 2.72 bits per heavy atom. The van der Waals surface area contributed by atoms with E-state index in [1.807, 2.05) is 6.07 Å². The second-order valence-electron chi connectivity index (χ2n) is 5.31. The minimum absolute atomic E-state index is 0.556. The summed E-state index contributed by atoms with van der Waals surface area (Å²) in [4.78, 5) is 2.53. The lowest BCUT2D eigenvalue weighted by Crippen LogP contribution is -2.26. The van der Waals surface area contributed by atoms with E-state index < -0.39 is 0 Å². The Balaban J connectivity index is 2.00. The molecule has 0 bridgehead atoms. The van der Waals surface area contributed by atoms with Crippen LogP contribution in [0.4, 0.5) is 0 Å². The summed E-state index contributed by atoms with van der Waals surface area (Å²) in [7, 11) is 0. The van der Waals surface area contributed by atoms with Crippen LogP contribution in [0.2, 0.25) is 5.02 Å². The van der Waals surface area contributed by atoms with Gasteiger partial charge in [0, 0.05) is 24.7 Å². The first-order valence-electron chi connectivity index (χ1n) is 6.92. The van der Waals surface area contributed by atoms with Gasteiger partial charge in [0.05, 0.1) is 0 Å². The summed E-state index contributed by atoms with van der Waals surface area (Å²) in [5.74, 6) is 0.929. The third-order valence-electron chi connectivity index (χ3n) is 3.50. The van der Waals surface area contributed by atoms with Crippen LogP contribution >= 0.6 is 11.6 Å². The molecule has 0 atom stereocenters. The minimum Gasteiger partial charge on any atom is -0.326 e. The van der Waals surface area contributed by atoms with Crippen LogP contribution in [0.25, 0.3) is 0 Å². The molecule has 0 unspecified atom stereocenters. The number of hydrogen-bond acceptors (Lipinski definition) is 2. The van der Waals surface area contributed by atoms with E-state index in [2.05, 4.69) is 24.0 Å². The van der Waals surface area contributed by atoms with Crippen LogP contribution in [0, 0.1) is 5.92 Å². The van der Waals surface area contributed by atoms with Crippen molar-refractivity contribution in [2.45, 2.75) is 39.3 Å². The lowest BCUT2D eigenvalue weighted by molar-refractivity contribution is 0.255. The van der Waals surface area contributed by atoms with Crippen molar-refractivity contribution in [2.24, 2.45) is 11.7 Å². The van der Waals surface area contributed by atoms with Crippen LogP contribution in [0.1, 0.15) is 37.3 Å². The minimum atomic E-state index is 0.556. The van der Waals surface area contributed by atoms with Gasteiger partial charge in [0.25, 0.3) is 0 Å². The second kappa shape index (κ2) is 6.55. The first-order chi connectivity index (χ1) is 8.72. The molecule has 2 rings (SSSR count). The predicted molar refractivity (Wildman–Crippen MR) is 77.6 cm³/mol. The van der Waals surface area contributed by atoms with Crippen LogP contribution in [0.15, 0.2) is 18.2 Å². The van der Waals surface area contributed by atoms with E-state index in [-0.39, 0.29) is 0 Å². The second-order valence-corrected chi connectivity index (χ2v) is 5.72. The van der Waals surface area contributed by atoms with Crippen molar-refractivity contribution in [1.29, 1.82) is 0 Å². The van der Waals surface area contributed by atoms with Gasteiger partial charge in [0.2, 0.25) is 0 Å². The molecule has 0 spiro atoms. The van der Waals surface area contributed by atoms with E-state index in [1.165, 1.54) is 31.4 Å². The Hall–Kier alpha value is -0.570. The summed E-state index contributed by atoms with van der Waals surface area (Å²) in [6, 6.07) is 6.21. The molecule has 0 radical (unpaired) electrons. The molecule has 2 N–H and O–H groups in total. The van der Waals surface area contributed by atoms with Gasteiger partial charge in [-0.3, -0.25) is 4.90 Å². The SMILES string of the molecule is CCCN(Cc1ccc(CN)cc1Cl)CC1CC1. The topological polar surface area (TPSA) is 29.3 Å². The van der Waals surface area contributed by atoms with Gasteiger partial charge < -0.3 is 5.73 Å². The molecule has 0 heterocycles. The maximum atomic E-state index is 6.32. The summed E-state index contributed by atoms with van der Waals surface area (Å²) in [6.45, 7) is 6.14. The van der Waals surface area contributed by atoms with Gasteiger partial charge in [-0.05, 0) is 48.9 Å². The highest BCUT2D eigenvalue weighted by atomic mass is 35.5. The van der Waals surface area contributed by atoms with Crippen molar-refractivity contribution >= 4 is 11.6 Å². The van der Waals surface area contributed by atoms with Crippen molar-refractivity contribution in [3.8, 4) is 0 Å². The summed E-state index contributed by atoms with van der Waals surface area (Å²) >= 11 is 6.32. The average Bonchev–Trinajstić information content (AvgIpc) is 3.16. The van der Waals surface area contributed by atoms with E-state index in [4.69, 9.17) is 17.3 Å². The van der Waals surface area contributed by atoms with Gasteiger partial charge >= 0.3 is 0 Å². The van der Waals surface area contributed by atoms with Crippen molar-refractivity contribution < 1.29 is 0 Å². The molecule has 0 amide bonds.